The Labute approximate surface area is 175 Å². The molecule has 3 N–H and O–H groups in total. The van der Waals surface area contributed by atoms with Crippen LogP contribution in [-0.2, 0) is 16.6 Å². The summed E-state index contributed by atoms with van der Waals surface area (Å²) in [6.45, 7) is 6.50. The Morgan fingerprint density at radius 2 is 1.80 bits per heavy atom. The van der Waals surface area contributed by atoms with Crippen molar-refractivity contribution in [2.24, 2.45) is 5.73 Å². The maximum atomic E-state index is 10.9. The van der Waals surface area contributed by atoms with Crippen LogP contribution in [0, 0.1) is 7.14 Å². The monoisotopic (exact) mass is 565 g/mol. The molecule has 1 unspecified atom stereocenters. The minimum Gasteiger partial charge on any atom is -0.480 e. The van der Waals surface area contributed by atoms with E-state index in [4.69, 9.17) is 15.6 Å². The molecule has 25 heavy (non-hydrogen) atoms. The zero-order valence-corrected chi connectivity index (χ0v) is 18.7. The number of benzene rings is 2. The Morgan fingerprint density at radius 3 is 2.32 bits per heavy atom. The molecule has 0 aliphatic heterocycles. The van der Waals surface area contributed by atoms with E-state index >= 15 is 0 Å². The number of hydrogen-bond donors (Lipinski definition) is 2. The van der Waals surface area contributed by atoms with Gasteiger partial charge in [-0.15, -0.1) is 0 Å². The fourth-order valence-corrected chi connectivity index (χ4v) is 4.43. The maximum Gasteiger partial charge on any atom is 0.320 e. The lowest BCUT2D eigenvalue weighted by Gasteiger charge is -2.20. The van der Waals surface area contributed by atoms with Crippen molar-refractivity contribution in [1.82, 2.24) is 0 Å². The molecular formula is C19H21I2NO3. The molecule has 6 heteroatoms. The van der Waals surface area contributed by atoms with Crippen molar-refractivity contribution < 1.29 is 14.6 Å². The van der Waals surface area contributed by atoms with Crippen molar-refractivity contribution in [3.8, 4) is 11.5 Å². The summed E-state index contributed by atoms with van der Waals surface area (Å²) in [6, 6.07) is 11.0. The standard InChI is InChI=1S/C19H21I2NO3/c1-19(2,3)12-5-4-6-13(10-12)25-17-14(20)7-11(8-15(17)21)9-16(22)18(23)24/h4-8,10,16H,9,22H2,1-3H3,(H,23,24). The highest BCUT2D eigenvalue weighted by Gasteiger charge is 2.17. The Balaban J connectivity index is 2.28. The molecule has 0 radical (unpaired) electrons. The van der Waals surface area contributed by atoms with Gasteiger partial charge in [-0.25, -0.2) is 0 Å². The first-order valence-corrected chi connectivity index (χ1v) is 9.98. The van der Waals surface area contributed by atoms with Gasteiger partial charge in [0.15, 0.2) is 5.75 Å². The van der Waals surface area contributed by atoms with Crippen molar-refractivity contribution in [1.29, 1.82) is 0 Å². The Morgan fingerprint density at radius 1 is 1.20 bits per heavy atom. The van der Waals surface area contributed by atoms with Crippen molar-refractivity contribution in [3.05, 3.63) is 54.7 Å². The van der Waals surface area contributed by atoms with Crippen LogP contribution in [0.3, 0.4) is 0 Å². The number of carboxylic acid groups (broad SMARTS) is 1. The van der Waals surface area contributed by atoms with Crippen LogP contribution in [0.1, 0.15) is 31.9 Å². The summed E-state index contributed by atoms with van der Waals surface area (Å²) in [5, 5.41) is 8.97. The molecule has 1 atom stereocenters. The van der Waals surface area contributed by atoms with E-state index in [1.54, 1.807) is 0 Å². The van der Waals surface area contributed by atoms with Gasteiger partial charge in [0.25, 0.3) is 0 Å². The molecule has 0 spiro atoms. The highest BCUT2D eigenvalue weighted by molar-refractivity contribution is 14.1. The molecule has 0 heterocycles. The normalized spacial score (nSPS) is 12.7. The van der Waals surface area contributed by atoms with Gasteiger partial charge in [-0.2, -0.15) is 0 Å². The van der Waals surface area contributed by atoms with Crippen molar-refractivity contribution in [3.63, 3.8) is 0 Å². The van der Waals surface area contributed by atoms with E-state index in [9.17, 15) is 4.79 Å². The topological polar surface area (TPSA) is 72.5 Å². The zero-order valence-electron chi connectivity index (χ0n) is 14.3. The molecule has 4 nitrogen and oxygen atoms in total. The summed E-state index contributed by atoms with van der Waals surface area (Å²) in [5.41, 5.74) is 7.78. The van der Waals surface area contributed by atoms with Gasteiger partial charge in [0.05, 0.1) is 7.14 Å². The van der Waals surface area contributed by atoms with Gasteiger partial charge in [0.1, 0.15) is 11.8 Å². The van der Waals surface area contributed by atoms with Crippen LogP contribution in [-0.4, -0.2) is 17.1 Å². The van der Waals surface area contributed by atoms with Gasteiger partial charge in [0, 0.05) is 0 Å². The first-order chi connectivity index (χ1) is 11.6. The van der Waals surface area contributed by atoms with E-state index in [0.717, 1.165) is 24.2 Å². The van der Waals surface area contributed by atoms with Crippen LogP contribution in [0.15, 0.2) is 36.4 Å². The van der Waals surface area contributed by atoms with E-state index in [-0.39, 0.29) is 5.41 Å². The number of carbonyl (C=O) groups is 1. The minimum atomic E-state index is -0.996. The van der Waals surface area contributed by atoms with Gasteiger partial charge in [0.2, 0.25) is 0 Å². The summed E-state index contributed by atoms with van der Waals surface area (Å²) >= 11 is 4.42. The fourth-order valence-electron chi connectivity index (χ4n) is 2.31. The molecule has 0 aliphatic carbocycles. The lowest BCUT2D eigenvalue weighted by molar-refractivity contribution is -0.138. The van der Waals surface area contributed by atoms with Crippen LogP contribution < -0.4 is 10.5 Å². The molecule has 0 saturated carbocycles. The second-order valence-corrected chi connectivity index (χ2v) is 9.24. The minimum absolute atomic E-state index is 0.0521. The van der Waals surface area contributed by atoms with Gasteiger partial charge >= 0.3 is 5.97 Å². The molecule has 134 valence electrons. The lowest BCUT2D eigenvalue weighted by atomic mass is 9.87. The van der Waals surface area contributed by atoms with Crippen LogP contribution in [0.25, 0.3) is 0 Å². The molecule has 0 aromatic heterocycles. The third-order valence-electron chi connectivity index (χ3n) is 3.75. The van der Waals surface area contributed by atoms with Crippen LogP contribution >= 0.6 is 45.2 Å². The average Bonchev–Trinajstić information content (AvgIpc) is 2.50. The number of aliphatic carboxylic acids is 1. The lowest BCUT2D eigenvalue weighted by Crippen LogP contribution is -2.32. The molecule has 2 rings (SSSR count). The van der Waals surface area contributed by atoms with Gasteiger partial charge in [-0.05, 0) is 92.4 Å². The third kappa shape index (κ3) is 5.55. The number of halogens is 2. The van der Waals surface area contributed by atoms with E-state index in [0.29, 0.717) is 6.42 Å². The number of carboxylic acids is 1. The third-order valence-corrected chi connectivity index (χ3v) is 5.35. The summed E-state index contributed by atoms with van der Waals surface area (Å²) in [6.07, 6.45) is 0.293. The second kappa shape index (κ2) is 8.22. The van der Waals surface area contributed by atoms with E-state index < -0.39 is 12.0 Å². The van der Waals surface area contributed by atoms with E-state index in [1.807, 2.05) is 24.3 Å². The SMILES string of the molecule is CC(C)(C)c1cccc(Oc2c(I)cc(CC(N)C(=O)O)cc2I)c1. The molecule has 2 aromatic carbocycles. The summed E-state index contributed by atoms with van der Waals surface area (Å²) < 4.78 is 7.98. The number of nitrogens with two attached hydrogens (primary N) is 1. The summed E-state index contributed by atoms with van der Waals surface area (Å²) in [4.78, 5) is 10.9. The molecule has 2 aromatic rings. The molecular weight excluding hydrogens is 544 g/mol. The van der Waals surface area contributed by atoms with Gasteiger partial charge < -0.3 is 15.6 Å². The quantitative estimate of drug-likeness (QED) is 0.505. The van der Waals surface area contributed by atoms with Crippen molar-refractivity contribution in [2.45, 2.75) is 38.6 Å². The number of hydrogen-bond acceptors (Lipinski definition) is 3. The van der Waals surface area contributed by atoms with Crippen LogP contribution in [0.5, 0.6) is 11.5 Å². The summed E-state index contributed by atoms with van der Waals surface area (Å²) in [5.74, 6) is 0.572. The molecule has 0 bridgehead atoms. The Kier molecular flexibility index (Phi) is 6.72. The molecule has 0 saturated heterocycles. The predicted octanol–water partition coefficient (Wildman–Crippen LogP) is 4.94. The number of rotatable bonds is 5. The van der Waals surface area contributed by atoms with Crippen LogP contribution in [0.2, 0.25) is 0 Å². The first-order valence-electron chi connectivity index (χ1n) is 7.82. The van der Waals surface area contributed by atoms with Gasteiger partial charge in [-0.3, -0.25) is 4.79 Å². The predicted molar refractivity (Wildman–Crippen MR) is 116 cm³/mol. The van der Waals surface area contributed by atoms with Crippen LogP contribution in [0.4, 0.5) is 0 Å². The molecule has 0 fully saturated rings. The highest BCUT2D eigenvalue weighted by Crippen LogP contribution is 2.34. The van der Waals surface area contributed by atoms with Crippen molar-refractivity contribution >= 4 is 51.2 Å². The second-order valence-electron chi connectivity index (χ2n) is 6.92. The maximum absolute atomic E-state index is 10.9. The smallest absolute Gasteiger partial charge is 0.320 e. The van der Waals surface area contributed by atoms with Gasteiger partial charge in [-0.1, -0.05) is 32.9 Å². The zero-order chi connectivity index (χ0) is 18.8. The Bertz CT molecular complexity index is 761. The first kappa shape index (κ1) is 20.4. The number of ether oxygens (including phenoxy) is 1. The Hall–Kier alpha value is -0.870. The molecule has 0 amide bonds. The van der Waals surface area contributed by atoms with E-state index in [2.05, 4.69) is 78.1 Å². The average molecular weight is 565 g/mol. The largest absolute Gasteiger partial charge is 0.480 e. The summed E-state index contributed by atoms with van der Waals surface area (Å²) in [7, 11) is 0. The highest BCUT2D eigenvalue weighted by atomic mass is 127. The van der Waals surface area contributed by atoms with E-state index in [1.165, 1.54) is 5.56 Å². The fraction of sp³-hybridized carbons (Fsp3) is 0.316. The van der Waals surface area contributed by atoms with Crippen molar-refractivity contribution in [2.75, 3.05) is 0 Å². The molecule has 0 aliphatic rings.